The number of rotatable bonds is 3. The van der Waals surface area contributed by atoms with Gasteiger partial charge in [0.05, 0.1) is 49.2 Å². The fourth-order valence-corrected chi connectivity index (χ4v) is 3.52. The van der Waals surface area contributed by atoms with Crippen molar-refractivity contribution in [3.8, 4) is 0 Å². The number of carbonyl (C=O) groups excluding carboxylic acids is 1. The number of aryl methyl sites for hydroxylation is 1. The van der Waals surface area contributed by atoms with E-state index in [1.54, 1.807) is 18.9 Å². The highest BCUT2D eigenvalue weighted by molar-refractivity contribution is 5.85. The SMILES string of the molecule is Cn1cnc2c1C(C(=O)N1CC(F)(F)C1)CN(Cc1ccoc1)C2. The van der Waals surface area contributed by atoms with Gasteiger partial charge in [-0.25, -0.2) is 13.8 Å². The van der Waals surface area contributed by atoms with Crippen molar-refractivity contribution in [1.29, 1.82) is 0 Å². The number of nitrogens with zero attached hydrogens (tertiary/aromatic N) is 4. The van der Waals surface area contributed by atoms with Crippen molar-refractivity contribution in [3.05, 3.63) is 41.9 Å². The Bertz CT molecular complexity index is 748. The number of carbonyl (C=O) groups is 1. The Morgan fingerprint density at radius 1 is 1.46 bits per heavy atom. The summed E-state index contributed by atoms with van der Waals surface area (Å²) in [5, 5.41) is 0. The summed E-state index contributed by atoms with van der Waals surface area (Å²) in [4.78, 5) is 20.5. The van der Waals surface area contributed by atoms with Gasteiger partial charge in [-0.15, -0.1) is 0 Å². The lowest BCUT2D eigenvalue weighted by molar-refractivity contribution is -0.168. The lowest BCUT2D eigenvalue weighted by Gasteiger charge is -2.42. The van der Waals surface area contributed by atoms with E-state index in [0.29, 0.717) is 19.6 Å². The molecule has 0 radical (unpaired) electrons. The fraction of sp³-hybridized carbons (Fsp3) is 0.500. The summed E-state index contributed by atoms with van der Waals surface area (Å²) in [7, 11) is 1.84. The maximum atomic E-state index is 13.1. The van der Waals surface area contributed by atoms with Crippen LogP contribution in [0.1, 0.15) is 22.9 Å². The molecule has 6 nitrogen and oxygen atoms in total. The number of furan rings is 1. The lowest BCUT2D eigenvalue weighted by atomic mass is 9.94. The first kappa shape index (κ1) is 15.3. The summed E-state index contributed by atoms with van der Waals surface area (Å²) < 4.78 is 33.2. The predicted octanol–water partition coefficient (Wildman–Crippen LogP) is 1.59. The molecule has 4 rings (SSSR count). The summed E-state index contributed by atoms with van der Waals surface area (Å²) >= 11 is 0. The first-order valence-corrected chi connectivity index (χ1v) is 7.83. The van der Waals surface area contributed by atoms with E-state index in [0.717, 1.165) is 17.0 Å². The number of hydrogen-bond donors (Lipinski definition) is 0. The third-order valence-corrected chi connectivity index (χ3v) is 4.65. The van der Waals surface area contributed by atoms with Crippen molar-refractivity contribution in [2.75, 3.05) is 19.6 Å². The smallest absolute Gasteiger partial charge is 0.282 e. The van der Waals surface area contributed by atoms with E-state index < -0.39 is 24.9 Å². The Kier molecular flexibility index (Phi) is 3.45. The number of alkyl halides is 2. The van der Waals surface area contributed by atoms with Gasteiger partial charge in [0.25, 0.3) is 5.92 Å². The zero-order valence-corrected chi connectivity index (χ0v) is 13.3. The third kappa shape index (κ3) is 2.60. The highest BCUT2D eigenvalue weighted by Crippen LogP contribution is 2.34. The Morgan fingerprint density at radius 2 is 2.25 bits per heavy atom. The minimum absolute atomic E-state index is 0.248. The monoisotopic (exact) mass is 336 g/mol. The summed E-state index contributed by atoms with van der Waals surface area (Å²) in [5.41, 5.74) is 2.67. The summed E-state index contributed by atoms with van der Waals surface area (Å²) in [6.45, 7) is 0.765. The Hall–Kier alpha value is -2.22. The van der Waals surface area contributed by atoms with Crippen molar-refractivity contribution >= 4 is 5.91 Å². The number of halogens is 2. The van der Waals surface area contributed by atoms with Crippen LogP contribution in [-0.4, -0.2) is 50.8 Å². The molecule has 0 saturated carbocycles. The van der Waals surface area contributed by atoms with Gasteiger partial charge in [-0.05, 0) is 6.07 Å². The average Bonchev–Trinajstić information content (AvgIpc) is 3.14. The fourth-order valence-electron chi connectivity index (χ4n) is 3.52. The van der Waals surface area contributed by atoms with Crippen molar-refractivity contribution in [2.45, 2.75) is 24.9 Å². The maximum absolute atomic E-state index is 13.1. The van der Waals surface area contributed by atoms with Gasteiger partial charge in [0.2, 0.25) is 5.91 Å². The van der Waals surface area contributed by atoms with Gasteiger partial charge in [0, 0.05) is 32.2 Å². The van der Waals surface area contributed by atoms with Gasteiger partial charge in [0.1, 0.15) is 0 Å². The van der Waals surface area contributed by atoms with Crippen molar-refractivity contribution in [1.82, 2.24) is 19.4 Å². The van der Waals surface area contributed by atoms with Gasteiger partial charge >= 0.3 is 0 Å². The first-order chi connectivity index (χ1) is 11.4. The number of likely N-dealkylation sites (tertiary alicyclic amines) is 1. The Balaban J connectivity index is 1.57. The maximum Gasteiger partial charge on any atom is 0.282 e. The van der Waals surface area contributed by atoms with Crippen LogP contribution in [0.4, 0.5) is 8.78 Å². The highest BCUT2D eigenvalue weighted by atomic mass is 19.3. The van der Waals surface area contributed by atoms with Gasteiger partial charge in [0.15, 0.2) is 0 Å². The quantitative estimate of drug-likeness (QED) is 0.854. The summed E-state index contributed by atoms with van der Waals surface area (Å²) in [6, 6.07) is 1.88. The van der Waals surface area contributed by atoms with E-state index in [1.165, 1.54) is 4.90 Å². The minimum Gasteiger partial charge on any atom is -0.472 e. The molecule has 1 atom stereocenters. The molecule has 128 valence electrons. The molecule has 1 saturated heterocycles. The van der Waals surface area contributed by atoms with Crippen molar-refractivity contribution in [3.63, 3.8) is 0 Å². The van der Waals surface area contributed by atoms with Crippen LogP contribution in [0.15, 0.2) is 29.3 Å². The van der Waals surface area contributed by atoms with Crippen molar-refractivity contribution in [2.24, 2.45) is 7.05 Å². The van der Waals surface area contributed by atoms with Crippen LogP contribution in [0.5, 0.6) is 0 Å². The minimum atomic E-state index is -2.75. The number of fused-ring (bicyclic) bond motifs is 1. The summed E-state index contributed by atoms with van der Waals surface area (Å²) in [5.74, 6) is -3.47. The molecule has 0 spiro atoms. The second-order valence-electron chi connectivity index (χ2n) is 6.59. The molecule has 2 aliphatic rings. The van der Waals surface area contributed by atoms with E-state index in [9.17, 15) is 13.6 Å². The van der Waals surface area contributed by atoms with Gasteiger partial charge in [-0.3, -0.25) is 9.69 Å². The molecule has 4 heterocycles. The topological polar surface area (TPSA) is 54.5 Å². The average molecular weight is 336 g/mol. The van der Waals surface area contributed by atoms with Crippen molar-refractivity contribution < 1.29 is 18.0 Å². The van der Waals surface area contributed by atoms with Gasteiger partial charge < -0.3 is 13.9 Å². The molecule has 2 aliphatic heterocycles. The van der Waals surface area contributed by atoms with Crippen LogP contribution in [0.25, 0.3) is 0 Å². The predicted molar refractivity (Wildman–Crippen MR) is 80.3 cm³/mol. The number of imidazole rings is 1. The molecular weight excluding hydrogens is 318 g/mol. The van der Waals surface area contributed by atoms with E-state index >= 15 is 0 Å². The molecule has 1 fully saturated rings. The van der Waals surface area contributed by atoms with E-state index in [-0.39, 0.29) is 5.91 Å². The highest BCUT2D eigenvalue weighted by Gasteiger charge is 2.49. The van der Waals surface area contributed by atoms with E-state index in [4.69, 9.17) is 4.42 Å². The van der Waals surface area contributed by atoms with E-state index in [1.807, 2.05) is 17.7 Å². The second kappa shape index (κ2) is 5.41. The standard InChI is InChI=1S/C16H18F2N4O2/c1-20-10-19-13-6-21(4-11-2-3-24-7-11)5-12(14(13)20)15(23)22-8-16(17,18)9-22/h2-3,7,10,12H,4-6,8-9H2,1H3. The molecule has 8 heteroatoms. The Labute approximate surface area is 137 Å². The normalized spacial score (nSPS) is 23.0. The Morgan fingerprint density at radius 3 is 2.92 bits per heavy atom. The lowest BCUT2D eigenvalue weighted by Crippen LogP contribution is -2.60. The molecular formula is C16H18F2N4O2. The van der Waals surface area contributed by atoms with Crippen LogP contribution in [0.3, 0.4) is 0 Å². The van der Waals surface area contributed by atoms with Crippen LogP contribution >= 0.6 is 0 Å². The molecule has 1 amide bonds. The van der Waals surface area contributed by atoms with Gasteiger partial charge in [-0.1, -0.05) is 0 Å². The zero-order valence-electron chi connectivity index (χ0n) is 13.3. The zero-order chi connectivity index (χ0) is 16.9. The molecule has 0 aromatic carbocycles. The number of amides is 1. The van der Waals surface area contributed by atoms with Crippen LogP contribution < -0.4 is 0 Å². The molecule has 2 aromatic heterocycles. The van der Waals surface area contributed by atoms with Crippen LogP contribution in [0, 0.1) is 0 Å². The van der Waals surface area contributed by atoms with Crippen LogP contribution in [0.2, 0.25) is 0 Å². The third-order valence-electron chi connectivity index (χ3n) is 4.65. The number of aromatic nitrogens is 2. The van der Waals surface area contributed by atoms with E-state index in [2.05, 4.69) is 9.88 Å². The summed E-state index contributed by atoms with van der Waals surface area (Å²) in [6.07, 6.45) is 4.95. The number of hydrogen-bond acceptors (Lipinski definition) is 4. The molecule has 0 aliphatic carbocycles. The molecule has 24 heavy (non-hydrogen) atoms. The molecule has 0 N–H and O–H groups in total. The molecule has 2 aromatic rings. The van der Waals surface area contributed by atoms with Crippen LogP contribution in [-0.2, 0) is 24.9 Å². The van der Waals surface area contributed by atoms with Gasteiger partial charge in [-0.2, -0.15) is 0 Å². The molecule has 0 bridgehead atoms. The first-order valence-electron chi connectivity index (χ1n) is 7.83. The largest absolute Gasteiger partial charge is 0.472 e. The second-order valence-corrected chi connectivity index (χ2v) is 6.59. The molecule has 1 unspecified atom stereocenters.